The Morgan fingerprint density at radius 3 is 2.94 bits per heavy atom. The number of halogens is 1. The lowest BCUT2D eigenvalue weighted by molar-refractivity contribution is 1.17. The van der Waals surface area contributed by atoms with Crippen molar-refractivity contribution in [3.05, 3.63) is 41.8 Å². The van der Waals surface area contributed by atoms with E-state index in [1.165, 1.54) is 0 Å². The van der Waals surface area contributed by atoms with Crippen molar-refractivity contribution in [1.82, 2.24) is 19.9 Å². The summed E-state index contributed by atoms with van der Waals surface area (Å²) in [5.41, 5.74) is 2.48. The Hall–Kier alpha value is -1.94. The van der Waals surface area contributed by atoms with Gasteiger partial charge in [0.05, 0.1) is 17.2 Å². The molecule has 2 heterocycles. The smallest absolute Gasteiger partial charge is 0.158 e. The molecule has 3 aromatic rings. The molecule has 0 radical (unpaired) electrons. The van der Waals surface area contributed by atoms with E-state index in [-0.39, 0.29) is 0 Å². The lowest BCUT2D eigenvalue weighted by Crippen LogP contribution is -1.85. The van der Waals surface area contributed by atoms with Crippen LogP contribution >= 0.6 is 11.6 Å². The Balaban J connectivity index is 2.19. The zero-order valence-electron chi connectivity index (χ0n) is 8.18. The van der Waals surface area contributed by atoms with Crippen molar-refractivity contribution in [3.8, 4) is 11.5 Å². The molecule has 0 atom stereocenters. The van der Waals surface area contributed by atoms with E-state index in [0.29, 0.717) is 10.8 Å². The van der Waals surface area contributed by atoms with E-state index < -0.39 is 0 Å². The maximum absolute atomic E-state index is 5.90. The fraction of sp³-hybridized carbons (Fsp3) is 0. The number of hydrogen-bond donors (Lipinski definition) is 1. The molecule has 0 bridgehead atoms. The number of aromatic amines is 1. The second-order valence-corrected chi connectivity index (χ2v) is 3.77. The summed E-state index contributed by atoms with van der Waals surface area (Å²) < 4.78 is 0. The molecule has 0 amide bonds. The van der Waals surface area contributed by atoms with Crippen LogP contribution in [0.1, 0.15) is 0 Å². The van der Waals surface area contributed by atoms with Crippen LogP contribution in [0.15, 0.2) is 36.8 Å². The Morgan fingerprint density at radius 1 is 1.19 bits per heavy atom. The number of nitrogens with one attached hydrogen (secondary N) is 1. The molecule has 2 aromatic heterocycles. The zero-order valence-corrected chi connectivity index (χ0v) is 8.94. The fourth-order valence-electron chi connectivity index (χ4n) is 1.52. The number of hydrogen-bond acceptors (Lipinski definition) is 3. The van der Waals surface area contributed by atoms with E-state index in [4.69, 9.17) is 11.6 Å². The van der Waals surface area contributed by atoms with Crippen LogP contribution in [0.2, 0.25) is 5.02 Å². The summed E-state index contributed by atoms with van der Waals surface area (Å²) in [5.74, 6) is 0.699. The number of nitrogens with zero attached hydrogens (tertiary/aromatic N) is 3. The van der Waals surface area contributed by atoms with Crippen LogP contribution < -0.4 is 0 Å². The van der Waals surface area contributed by atoms with Gasteiger partial charge in [0.25, 0.3) is 0 Å². The summed E-state index contributed by atoms with van der Waals surface area (Å²) in [6.45, 7) is 0. The normalized spacial score (nSPS) is 10.8. The topological polar surface area (TPSA) is 54.5 Å². The van der Waals surface area contributed by atoms with Gasteiger partial charge in [-0.3, -0.25) is 4.98 Å². The summed E-state index contributed by atoms with van der Waals surface area (Å²) in [6.07, 6.45) is 4.93. The van der Waals surface area contributed by atoms with Crippen LogP contribution in [0.3, 0.4) is 0 Å². The highest BCUT2D eigenvalue weighted by Crippen LogP contribution is 2.20. The molecule has 16 heavy (non-hydrogen) atoms. The van der Waals surface area contributed by atoms with Crippen molar-refractivity contribution < 1.29 is 0 Å². The SMILES string of the molecule is Clc1ccc2nc(-c3cnccn3)[nH]c2c1. The molecule has 0 aliphatic carbocycles. The number of benzene rings is 1. The average Bonchev–Trinajstić information content (AvgIpc) is 2.73. The first-order valence-electron chi connectivity index (χ1n) is 4.74. The van der Waals surface area contributed by atoms with Crippen LogP contribution in [0.4, 0.5) is 0 Å². The molecule has 4 nitrogen and oxygen atoms in total. The second kappa shape index (κ2) is 3.57. The third kappa shape index (κ3) is 1.53. The number of aromatic nitrogens is 4. The molecule has 1 N–H and O–H groups in total. The van der Waals surface area contributed by atoms with Gasteiger partial charge in [-0.2, -0.15) is 0 Å². The number of imidazole rings is 1. The van der Waals surface area contributed by atoms with Gasteiger partial charge in [-0.05, 0) is 18.2 Å². The van der Waals surface area contributed by atoms with Crippen molar-refractivity contribution in [2.24, 2.45) is 0 Å². The van der Waals surface area contributed by atoms with Crippen molar-refractivity contribution in [2.45, 2.75) is 0 Å². The standard InChI is InChI=1S/C11H7ClN4/c12-7-1-2-8-9(5-7)16-11(15-8)10-6-13-3-4-14-10/h1-6H,(H,15,16). The van der Waals surface area contributed by atoms with Crippen LogP contribution in [0.5, 0.6) is 0 Å². The Bertz CT molecular complexity index is 633. The molecule has 0 fully saturated rings. The van der Waals surface area contributed by atoms with Crippen LogP contribution in [-0.4, -0.2) is 19.9 Å². The molecule has 0 saturated carbocycles. The Labute approximate surface area is 96.3 Å². The second-order valence-electron chi connectivity index (χ2n) is 3.34. The molecule has 0 spiro atoms. The van der Waals surface area contributed by atoms with E-state index in [9.17, 15) is 0 Å². The van der Waals surface area contributed by atoms with E-state index in [1.54, 1.807) is 18.6 Å². The number of fused-ring (bicyclic) bond motifs is 1. The predicted molar refractivity (Wildman–Crippen MR) is 62.1 cm³/mol. The molecule has 0 aliphatic heterocycles. The summed E-state index contributed by atoms with van der Waals surface area (Å²) in [5, 5.41) is 0.682. The molecule has 1 aromatic carbocycles. The van der Waals surface area contributed by atoms with Crippen molar-refractivity contribution in [3.63, 3.8) is 0 Å². The average molecular weight is 231 g/mol. The minimum atomic E-state index is 0.682. The monoisotopic (exact) mass is 230 g/mol. The minimum absolute atomic E-state index is 0.682. The number of rotatable bonds is 1. The lowest BCUT2D eigenvalue weighted by Gasteiger charge is -1.91. The van der Waals surface area contributed by atoms with E-state index in [0.717, 1.165) is 16.7 Å². The largest absolute Gasteiger partial charge is 0.337 e. The van der Waals surface area contributed by atoms with Crippen molar-refractivity contribution >= 4 is 22.6 Å². The van der Waals surface area contributed by atoms with Gasteiger partial charge in [0.2, 0.25) is 0 Å². The molecule has 0 unspecified atom stereocenters. The summed E-state index contributed by atoms with van der Waals surface area (Å²) in [6, 6.07) is 5.52. The minimum Gasteiger partial charge on any atom is -0.337 e. The Kier molecular flexibility index (Phi) is 2.08. The van der Waals surface area contributed by atoms with Crippen molar-refractivity contribution in [2.75, 3.05) is 0 Å². The molecule has 0 saturated heterocycles. The zero-order chi connectivity index (χ0) is 11.0. The first-order valence-corrected chi connectivity index (χ1v) is 5.12. The molecular weight excluding hydrogens is 224 g/mol. The third-order valence-corrected chi connectivity index (χ3v) is 2.48. The summed E-state index contributed by atoms with van der Waals surface area (Å²) in [4.78, 5) is 15.7. The maximum Gasteiger partial charge on any atom is 0.158 e. The summed E-state index contributed by atoms with van der Waals surface area (Å²) >= 11 is 5.90. The van der Waals surface area contributed by atoms with E-state index in [1.807, 2.05) is 18.2 Å². The van der Waals surface area contributed by atoms with E-state index >= 15 is 0 Å². The molecule has 5 heteroatoms. The van der Waals surface area contributed by atoms with Crippen molar-refractivity contribution in [1.29, 1.82) is 0 Å². The molecular formula is C11H7ClN4. The quantitative estimate of drug-likeness (QED) is 0.699. The highest BCUT2D eigenvalue weighted by Gasteiger charge is 2.06. The van der Waals surface area contributed by atoms with Gasteiger partial charge in [0.1, 0.15) is 5.69 Å². The molecule has 3 rings (SSSR count). The van der Waals surface area contributed by atoms with E-state index in [2.05, 4.69) is 19.9 Å². The maximum atomic E-state index is 5.90. The molecule has 0 aliphatic rings. The number of H-pyrrole nitrogens is 1. The van der Waals surface area contributed by atoms with Crippen LogP contribution in [0, 0.1) is 0 Å². The first-order chi connectivity index (χ1) is 7.83. The lowest BCUT2D eigenvalue weighted by atomic mass is 10.3. The van der Waals surface area contributed by atoms with Gasteiger partial charge >= 0.3 is 0 Å². The van der Waals surface area contributed by atoms with Gasteiger partial charge in [-0.25, -0.2) is 9.97 Å². The first kappa shape index (κ1) is 9.30. The third-order valence-electron chi connectivity index (χ3n) is 2.25. The summed E-state index contributed by atoms with van der Waals surface area (Å²) in [7, 11) is 0. The van der Waals surface area contributed by atoms with Gasteiger partial charge < -0.3 is 4.98 Å². The highest BCUT2D eigenvalue weighted by atomic mass is 35.5. The Morgan fingerprint density at radius 2 is 2.12 bits per heavy atom. The molecule has 78 valence electrons. The fourth-order valence-corrected chi connectivity index (χ4v) is 1.70. The van der Waals surface area contributed by atoms with Crippen LogP contribution in [-0.2, 0) is 0 Å². The van der Waals surface area contributed by atoms with Gasteiger partial charge in [0, 0.05) is 17.4 Å². The highest BCUT2D eigenvalue weighted by molar-refractivity contribution is 6.31. The van der Waals surface area contributed by atoms with Gasteiger partial charge in [-0.1, -0.05) is 11.6 Å². The predicted octanol–water partition coefficient (Wildman–Crippen LogP) is 2.67. The van der Waals surface area contributed by atoms with Gasteiger partial charge in [0.15, 0.2) is 5.82 Å². The van der Waals surface area contributed by atoms with Crippen LogP contribution in [0.25, 0.3) is 22.6 Å². The van der Waals surface area contributed by atoms with Gasteiger partial charge in [-0.15, -0.1) is 0 Å².